The van der Waals surface area contributed by atoms with Gasteiger partial charge in [-0.1, -0.05) is 6.08 Å². The number of aliphatic hydroxyl groups excluding tert-OH is 1. The maximum absolute atomic E-state index is 8.24. The molecule has 0 amide bonds. The van der Waals surface area contributed by atoms with Crippen molar-refractivity contribution < 1.29 is 10.2 Å². The highest BCUT2D eigenvalue weighted by atomic mass is 79.9. The third-order valence-electron chi connectivity index (χ3n) is 0.616. The minimum Gasteiger partial charge on any atom is -0.367 e. The van der Waals surface area contributed by atoms with Crippen LogP contribution in [0.3, 0.4) is 0 Å². The van der Waals surface area contributed by atoms with Crippen LogP contribution in [-0.4, -0.2) is 29.6 Å². The molecule has 0 bridgehead atoms. The lowest BCUT2D eigenvalue weighted by atomic mass is 10.5. The van der Waals surface area contributed by atoms with Gasteiger partial charge in [0.25, 0.3) is 0 Å². The quantitative estimate of drug-likeness (QED) is 0.329. The van der Waals surface area contributed by atoms with E-state index in [1.54, 1.807) is 6.08 Å². The smallest absolute Gasteiger partial charge is 0.164 e. The summed E-state index contributed by atoms with van der Waals surface area (Å²) in [5.74, 6) is 0. The first-order valence-corrected chi connectivity index (χ1v) is 2.45. The summed E-state index contributed by atoms with van der Waals surface area (Å²) < 4.78 is 0. The summed E-state index contributed by atoms with van der Waals surface area (Å²) in [6, 6.07) is 0. The lowest BCUT2D eigenvalue weighted by Crippen LogP contribution is -2.26. The highest BCUT2D eigenvalue weighted by Gasteiger charge is 1.91. The van der Waals surface area contributed by atoms with Gasteiger partial charge in [-0.3, -0.25) is 0 Å². The average molecular weight is 198 g/mol. The number of aliphatic hydroxyl groups is 2. The van der Waals surface area contributed by atoms with Crippen molar-refractivity contribution in [3.05, 3.63) is 12.7 Å². The van der Waals surface area contributed by atoms with Gasteiger partial charge in [0.05, 0.1) is 0 Å². The largest absolute Gasteiger partial charge is 0.367 e. The molecule has 3 nitrogen and oxygen atoms in total. The number of hydrogen-bond donors (Lipinski definition) is 3. The predicted molar refractivity (Wildman–Crippen MR) is 41.6 cm³/mol. The van der Waals surface area contributed by atoms with Crippen molar-refractivity contribution in [1.29, 1.82) is 0 Å². The summed E-state index contributed by atoms with van der Waals surface area (Å²) in [6.07, 6.45) is 0.400. The fourth-order valence-electron chi connectivity index (χ4n) is 0.314. The van der Waals surface area contributed by atoms with E-state index in [-0.39, 0.29) is 23.5 Å². The molecule has 0 heterocycles. The highest BCUT2D eigenvalue weighted by molar-refractivity contribution is 8.93. The van der Waals surface area contributed by atoms with Gasteiger partial charge in [0, 0.05) is 13.1 Å². The van der Waals surface area contributed by atoms with Crippen molar-refractivity contribution in [2.75, 3.05) is 13.1 Å². The molecule has 56 valence electrons. The second kappa shape index (κ2) is 8.10. The summed E-state index contributed by atoms with van der Waals surface area (Å²) in [7, 11) is 0. The lowest BCUT2D eigenvalue weighted by molar-refractivity contribution is -0.0365. The molecule has 0 aliphatic heterocycles. The molecule has 0 aromatic rings. The van der Waals surface area contributed by atoms with E-state index in [4.69, 9.17) is 10.2 Å². The number of halogens is 1. The summed E-state index contributed by atoms with van der Waals surface area (Å²) in [6.45, 7) is 4.24. The van der Waals surface area contributed by atoms with Gasteiger partial charge in [0.2, 0.25) is 0 Å². The van der Waals surface area contributed by atoms with Crippen LogP contribution in [-0.2, 0) is 0 Å². The Labute approximate surface area is 65.2 Å². The summed E-state index contributed by atoms with van der Waals surface area (Å²) >= 11 is 0. The molecular weight excluding hydrogens is 186 g/mol. The third-order valence-corrected chi connectivity index (χ3v) is 0.616. The Morgan fingerprint density at radius 2 is 2.11 bits per heavy atom. The second-order valence-electron chi connectivity index (χ2n) is 1.43. The first-order valence-electron chi connectivity index (χ1n) is 2.45. The van der Waals surface area contributed by atoms with Gasteiger partial charge in [-0.15, -0.1) is 23.6 Å². The van der Waals surface area contributed by atoms with Crippen LogP contribution in [0.1, 0.15) is 0 Å². The molecule has 0 aliphatic carbocycles. The normalized spacial score (nSPS) is 8.78. The van der Waals surface area contributed by atoms with Crippen LogP contribution >= 0.6 is 17.0 Å². The topological polar surface area (TPSA) is 52.5 Å². The zero-order valence-electron chi connectivity index (χ0n) is 5.08. The van der Waals surface area contributed by atoms with Gasteiger partial charge in [-0.05, 0) is 0 Å². The Morgan fingerprint density at radius 3 is 2.44 bits per heavy atom. The maximum Gasteiger partial charge on any atom is 0.164 e. The Bertz CT molecular complexity index is 68.0. The van der Waals surface area contributed by atoms with Crippen LogP contribution in [0, 0.1) is 0 Å². The van der Waals surface area contributed by atoms with Crippen LogP contribution < -0.4 is 5.32 Å². The molecule has 3 N–H and O–H groups in total. The maximum atomic E-state index is 8.24. The number of hydrogen-bond acceptors (Lipinski definition) is 3. The monoisotopic (exact) mass is 197 g/mol. The van der Waals surface area contributed by atoms with E-state index < -0.39 is 6.29 Å². The SMILES string of the molecule is Br.C=CCNCC(O)O. The van der Waals surface area contributed by atoms with Gasteiger partial charge in [0.15, 0.2) is 6.29 Å². The van der Waals surface area contributed by atoms with Gasteiger partial charge >= 0.3 is 0 Å². The Morgan fingerprint density at radius 1 is 1.56 bits per heavy atom. The summed E-state index contributed by atoms with van der Waals surface area (Å²) in [4.78, 5) is 0. The Kier molecular flexibility index (Phi) is 10.7. The van der Waals surface area contributed by atoms with E-state index in [9.17, 15) is 0 Å². The van der Waals surface area contributed by atoms with Crippen molar-refractivity contribution in [2.24, 2.45) is 0 Å². The molecule has 0 aromatic heterocycles. The zero-order valence-corrected chi connectivity index (χ0v) is 6.79. The van der Waals surface area contributed by atoms with Crippen molar-refractivity contribution in [3.8, 4) is 0 Å². The Hall–Kier alpha value is 0.1000. The van der Waals surface area contributed by atoms with Crippen LogP contribution in [0.5, 0.6) is 0 Å². The third kappa shape index (κ3) is 11.6. The molecule has 0 atom stereocenters. The average Bonchev–Trinajstić information content (AvgIpc) is 1.66. The van der Waals surface area contributed by atoms with Crippen molar-refractivity contribution in [2.45, 2.75) is 6.29 Å². The molecule has 9 heavy (non-hydrogen) atoms. The molecule has 0 unspecified atom stereocenters. The molecule has 0 radical (unpaired) electrons. The molecule has 0 saturated carbocycles. The summed E-state index contributed by atoms with van der Waals surface area (Å²) in [5.41, 5.74) is 0. The van der Waals surface area contributed by atoms with Gasteiger partial charge in [-0.2, -0.15) is 0 Å². The van der Waals surface area contributed by atoms with E-state index in [2.05, 4.69) is 11.9 Å². The van der Waals surface area contributed by atoms with Crippen LogP contribution in [0.2, 0.25) is 0 Å². The van der Waals surface area contributed by atoms with E-state index in [0.29, 0.717) is 6.54 Å². The minimum absolute atomic E-state index is 0. The van der Waals surface area contributed by atoms with E-state index >= 15 is 0 Å². The highest BCUT2D eigenvalue weighted by Crippen LogP contribution is 1.68. The van der Waals surface area contributed by atoms with Crippen molar-refractivity contribution in [3.63, 3.8) is 0 Å². The first kappa shape index (κ1) is 11.8. The minimum atomic E-state index is -1.25. The van der Waals surface area contributed by atoms with Crippen LogP contribution in [0.15, 0.2) is 12.7 Å². The number of rotatable bonds is 4. The molecule has 0 aromatic carbocycles. The van der Waals surface area contributed by atoms with Gasteiger partial charge in [0.1, 0.15) is 0 Å². The second-order valence-corrected chi connectivity index (χ2v) is 1.43. The standard InChI is InChI=1S/C5H11NO2.BrH/c1-2-3-6-4-5(7)8;/h2,5-8H,1,3-4H2;1H. The van der Waals surface area contributed by atoms with Crippen molar-refractivity contribution in [1.82, 2.24) is 5.32 Å². The molecule has 0 saturated heterocycles. The number of nitrogens with one attached hydrogen (secondary N) is 1. The molecular formula is C5H12BrNO2. The zero-order chi connectivity index (χ0) is 6.41. The van der Waals surface area contributed by atoms with E-state index in [1.165, 1.54) is 0 Å². The lowest BCUT2D eigenvalue weighted by Gasteiger charge is -2.01. The van der Waals surface area contributed by atoms with E-state index in [1.807, 2.05) is 0 Å². The summed E-state index contributed by atoms with van der Waals surface area (Å²) in [5, 5.41) is 19.2. The molecule has 0 fully saturated rings. The van der Waals surface area contributed by atoms with E-state index in [0.717, 1.165) is 0 Å². The molecule has 0 rings (SSSR count). The fourth-order valence-corrected chi connectivity index (χ4v) is 0.314. The molecule has 4 heteroatoms. The van der Waals surface area contributed by atoms with Crippen LogP contribution in [0.25, 0.3) is 0 Å². The fraction of sp³-hybridized carbons (Fsp3) is 0.600. The molecule has 0 spiro atoms. The van der Waals surface area contributed by atoms with Gasteiger partial charge < -0.3 is 15.5 Å². The first-order chi connectivity index (χ1) is 3.77. The van der Waals surface area contributed by atoms with Crippen molar-refractivity contribution >= 4 is 17.0 Å². The predicted octanol–water partition coefficient (Wildman–Crippen LogP) is -0.349. The van der Waals surface area contributed by atoms with Gasteiger partial charge in [-0.25, -0.2) is 0 Å². The van der Waals surface area contributed by atoms with Crippen LogP contribution in [0.4, 0.5) is 0 Å². The molecule has 0 aliphatic rings. The Balaban J connectivity index is 0.